The van der Waals surface area contributed by atoms with Crippen molar-refractivity contribution in [3.05, 3.63) is 58.6 Å². The van der Waals surface area contributed by atoms with Crippen molar-refractivity contribution in [2.75, 3.05) is 11.1 Å². The van der Waals surface area contributed by atoms with Crippen molar-refractivity contribution < 1.29 is 4.92 Å². The van der Waals surface area contributed by atoms with Crippen LogP contribution in [0.4, 0.5) is 22.7 Å². The number of non-ortho nitro benzene ring substituents is 1. The number of nitrogens with one attached hydrogen (secondary N) is 1. The molecular formula is C12H11N3O2. The van der Waals surface area contributed by atoms with E-state index in [1.165, 1.54) is 12.1 Å². The van der Waals surface area contributed by atoms with Crippen LogP contribution >= 0.6 is 0 Å². The van der Waals surface area contributed by atoms with Crippen molar-refractivity contribution in [2.45, 2.75) is 0 Å². The van der Waals surface area contributed by atoms with Gasteiger partial charge in [0.25, 0.3) is 5.69 Å². The second kappa shape index (κ2) is 4.52. The summed E-state index contributed by atoms with van der Waals surface area (Å²) in [6.07, 6.45) is 0. The van der Waals surface area contributed by atoms with Crippen molar-refractivity contribution in [3.8, 4) is 0 Å². The highest BCUT2D eigenvalue weighted by Crippen LogP contribution is 2.20. The Hall–Kier alpha value is -2.56. The van der Waals surface area contributed by atoms with Gasteiger partial charge in [-0.1, -0.05) is 0 Å². The molecule has 0 aliphatic rings. The average molecular weight is 229 g/mol. The second-order valence-corrected chi connectivity index (χ2v) is 3.55. The fraction of sp³-hybridized carbons (Fsp3) is 0. The van der Waals surface area contributed by atoms with Gasteiger partial charge in [-0.25, -0.2) is 0 Å². The Kier molecular flexibility index (Phi) is 2.91. The van der Waals surface area contributed by atoms with Crippen LogP contribution in [0.5, 0.6) is 0 Å². The zero-order chi connectivity index (χ0) is 12.3. The van der Waals surface area contributed by atoms with E-state index in [1.54, 1.807) is 24.3 Å². The minimum absolute atomic E-state index is 0.0767. The number of hydrogen-bond acceptors (Lipinski definition) is 4. The number of nitrogens with zero attached hydrogens (tertiary/aromatic N) is 1. The lowest BCUT2D eigenvalue weighted by Crippen LogP contribution is -1.92. The van der Waals surface area contributed by atoms with Crippen LogP contribution in [0.2, 0.25) is 0 Å². The molecule has 2 rings (SSSR count). The summed E-state index contributed by atoms with van der Waals surface area (Å²) in [6.45, 7) is 0. The van der Waals surface area contributed by atoms with Gasteiger partial charge in [0.2, 0.25) is 0 Å². The molecule has 0 aliphatic heterocycles. The molecule has 5 nitrogen and oxygen atoms in total. The van der Waals surface area contributed by atoms with Crippen molar-refractivity contribution in [2.24, 2.45) is 0 Å². The van der Waals surface area contributed by atoms with Crippen molar-refractivity contribution in [1.29, 1.82) is 0 Å². The zero-order valence-electron chi connectivity index (χ0n) is 8.96. The largest absolute Gasteiger partial charge is 0.399 e. The van der Waals surface area contributed by atoms with Crippen LogP contribution in [0.15, 0.2) is 48.5 Å². The first-order valence-corrected chi connectivity index (χ1v) is 5.02. The summed E-state index contributed by atoms with van der Waals surface area (Å²) in [7, 11) is 0. The molecule has 0 bridgehead atoms. The number of anilines is 3. The summed E-state index contributed by atoms with van der Waals surface area (Å²) >= 11 is 0. The van der Waals surface area contributed by atoms with E-state index in [0.717, 1.165) is 11.4 Å². The number of benzene rings is 2. The van der Waals surface area contributed by atoms with E-state index < -0.39 is 4.92 Å². The Morgan fingerprint density at radius 1 is 0.941 bits per heavy atom. The number of nitrogens with two attached hydrogens (primary N) is 1. The number of nitro benzene ring substituents is 1. The third kappa shape index (κ3) is 2.72. The Bertz CT molecular complexity index is 520. The summed E-state index contributed by atoms with van der Waals surface area (Å²) in [6, 6.07) is 13.5. The maximum absolute atomic E-state index is 10.5. The molecule has 0 saturated heterocycles. The topological polar surface area (TPSA) is 81.2 Å². The Labute approximate surface area is 98.0 Å². The van der Waals surface area contributed by atoms with Gasteiger partial charge in [-0.2, -0.15) is 0 Å². The molecule has 5 heteroatoms. The lowest BCUT2D eigenvalue weighted by Gasteiger charge is -2.06. The lowest BCUT2D eigenvalue weighted by atomic mass is 10.2. The van der Waals surface area contributed by atoms with Crippen molar-refractivity contribution >= 4 is 22.7 Å². The van der Waals surface area contributed by atoms with E-state index >= 15 is 0 Å². The summed E-state index contributed by atoms with van der Waals surface area (Å²) in [5.74, 6) is 0. The molecule has 0 aromatic heterocycles. The SMILES string of the molecule is Nc1ccc(Nc2ccc([N+](=O)[O-])cc2)cc1. The summed E-state index contributed by atoms with van der Waals surface area (Å²) < 4.78 is 0. The quantitative estimate of drug-likeness (QED) is 0.481. The van der Waals surface area contributed by atoms with E-state index in [9.17, 15) is 10.1 Å². The molecule has 3 N–H and O–H groups in total. The van der Waals surface area contributed by atoms with E-state index in [4.69, 9.17) is 5.73 Å². The molecule has 17 heavy (non-hydrogen) atoms. The van der Waals surface area contributed by atoms with Gasteiger partial charge in [0, 0.05) is 29.2 Å². The highest BCUT2D eigenvalue weighted by Gasteiger charge is 2.03. The summed E-state index contributed by atoms with van der Waals surface area (Å²) in [4.78, 5) is 10.1. The van der Waals surface area contributed by atoms with Gasteiger partial charge in [-0.15, -0.1) is 0 Å². The number of rotatable bonds is 3. The minimum atomic E-state index is -0.424. The number of nitrogen functional groups attached to an aromatic ring is 1. The average Bonchev–Trinajstić information content (AvgIpc) is 2.33. The Balaban J connectivity index is 2.13. The molecule has 0 fully saturated rings. The normalized spacial score (nSPS) is 9.88. The van der Waals surface area contributed by atoms with Crippen LogP contribution in [-0.4, -0.2) is 4.92 Å². The molecule has 86 valence electrons. The van der Waals surface area contributed by atoms with Gasteiger partial charge < -0.3 is 11.1 Å². The van der Waals surface area contributed by atoms with Gasteiger partial charge >= 0.3 is 0 Å². The standard InChI is InChI=1S/C12H11N3O2/c13-9-1-3-10(4-2-9)14-11-5-7-12(8-6-11)15(16)17/h1-8,14H,13H2. The molecule has 0 amide bonds. The van der Waals surface area contributed by atoms with Crippen molar-refractivity contribution in [1.82, 2.24) is 0 Å². The van der Waals surface area contributed by atoms with Gasteiger partial charge in [0.15, 0.2) is 0 Å². The third-order valence-corrected chi connectivity index (χ3v) is 2.28. The predicted octanol–water partition coefficient (Wildman–Crippen LogP) is 2.92. The van der Waals surface area contributed by atoms with Crippen LogP contribution in [-0.2, 0) is 0 Å². The second-order valence-electron chi connectivity index (χ2n) is 3.55. The molecular weight excluding hydrogens is 218 g/mol. The molecule has 0 aliphatic carbocycles. The van der Waals surface area contributed by atoms with Crippen LogP contribution in [0.25, 0.3) is 0 Å². The first-order chi connectivity index (χ1) is 8.15. The van der Waals surface area contributed by atoms with E-state index in [0.29, 0.717) is 5.69 Å². The van der Waals surface area contributed by atoms with E-state index in [1.807, 2.05) is 12.1 Å². The molecule has 0 saturated carbocycles. The van der Waals surface area contributed by atoms with Crippen LogP contribution in [0.1, 0.15) is 0 Å². The van der Waals surface area contributed by atoms with E-state index in [-0.39, 0.29) is 5.69 Å². The highest BCUT2D eigenvalue weighted by atomic mass is 16.6. The fourth-order valence-corrected chi connectivity index (χ4v) is 1.40. The van der Waals surface area contributed by atoms with E-state index in [2.05, 4.69) is 5.32 Å². The van der Waals surface area contributed by atoms with Crippen molar-refractivity contribution in [3.63, 3.8) is 0 Å². The maximum atomic E-state index is 10.5. The van der Waals surface area contributed by atoms with Crippen LogP contribution in [0.3, 0.4) is 0 Å². The van der Waals surface area contributed by atoms with Gasteiger partial charge in [-0.05, 0) is 36.4 Å². The summed E-state index contributed by atoms with van der Waals surface area (Å²) in [5.41, 5.74) is 8.02. The molecule has 2 aromatic carbocycles. The number of nitro groups is 1. The first kappa shape index (κ1) is 10.9. The monoisotopic (exact) mass is 229 g/mol. The Morgan fingerprint density at radius 2 is 1.41 bits per heavy atom. The fourth-order valence-electron chi connectivity index (χ4n) is 1.40. The highest BCUT2D eigenvalue weighted by molar-refractivity contribution is 5.62. The summed E-state index contributed by atoms with van der Waals surface area (Å²) in [5, 5.41) is 13.6. The minimum Gasteiger partial charge on any atom is -0.399 e. The number of hydrogen-bond donors (Lipinski definition) is 2. The maximum Gasteiger partial charge on any atom is 0.269 e. The Morgan fingerprint density at radius 3 is 1.88 bits per heavy atom. The van der Waals surface area contributed by atoms with Gasteiger partial charge in [0.1, 0.15) is 0 Å². The molecule has 2 aromatic rings. The molecule has 0 radical (unpaired) electrons. The molecule has 0 unspecified atom stereocenters. The molecule has 0 heterocycles. The van der Waals surface area contributed by atoms with Gasteiger partial charge in [-0.3, -0.25) is 10.1 Å². The molecule has 0 atom stereocenters. The smallest absolute Gasteiger partial charge is 0.269 e. The lowest BCUT2D eigenvalue weighted by molar-refractivity contribution is -0.384. The molecule has 0 spiro atoms. The zero-order valence-corrected chi connectivity index (χ0v) is 8.96. The van der Waals surface area contributed by atoms with Crippen LogP contribution < -0.4 is 11.1 Å². The third-order valence-electron chi connectivity index (χ3n) is 2.28. The van der Waals surface area contributed by atoms with Crippen LogP contribution in [0, 0.1) is 10.1 Å². The predicted molar refractivity (Wildman–Crippen MR) is 67.2 cm³/mol. The first-order valence-electron chi connectivity index (χ1n) is 5.02. The van der Waals surface area contributed by atoms with Gasteiger partial charge in [0.05, 0.1) is 4.92 Å².